The molecule has 0 radical (unpaired) electrons. The topological polar surface area (TPSA) is 57.8 Å². The fraction of sp³-hybridized carbons (Fsp3) is 0.143. The molecule has 19 heavy (non-hydrogen) atoms. The maximum Gasteiger partial charge on any atom is 0.256 e. The standard InChI is InChI=1S/C14H12FN3O/c1-2-9-7-16-13(17-9)6-11-10-5-8(15)3-4-12(10)18-14(11)19/h3-7H,2H2,1H3,(H,16,17)(H,18,19). The lowest BCUT2D eigenvalue weighted by atomic mass is 10.1. The molecular formula is C14H12FN3O. The molecule has 0 bridgehead atoms. The summed E-state index contributed by atoms with van der Waals surface area (Å²) in [4.78, 5) is 19.1. The number of aromatic nitrogens is 2. The summed E-state index contributed by atoms with van der Waals surface area (Å²) in [6.45, 7) is 2.01. The van der Waals surface area contributed by atoms with Crippen LogP contribution in [-0.2, 0) is 11.2 Å². The molecule has 1 aromatic heterocycles. The average Bonchev–Trinajstić information content (AvgIpc) is 2.96. The molecule has 0 spiro atoms. The summed E-state index contributed by atoms with van der Waals surface area (Å²) in [5.41, 5.74) is 2.61. The number of rotatable bonds is 2. The second-order valence-electron chi connectivity index (χ2n) is 4.35. The van der Waals surface area contributed by atoms with E-state index in [0.29, 0.717) is 22.6 Å². The van der Waals surface area contributed by atoms with Crippen molar-refractivity contribution >= 4 is 23.2 Å². The van der Waals surface area contributed by atoms with Gasteiger partial charge in [0.25, 0.3) is 5.91 Å². The number of nitrogens with zero attached hydrogens (tertiary/aromatic N) is 1. The number of nitrogens with one attached hydrogen (secondary N) is 2. The number of carbonyl (C=O) groups excluding carboxylic acids is 1. The van der Waals surface area contributed by atoms with E-state index < -0.39 is 0 Å². The van der Waals surface area contributed by atoms with E-state index in [1.807, 2.05) is 6.92 Å². The maximum absolute atomic E-state index is 13.3. The Morgan fingerprint density at radius 3 is 3.00 bits per heavy atom. The highest BCUT2D eigenvalue weighted by atomic mass is 19.1. The van der Waals surface area contributed by atoms with Crippen molar-refractivity contribution < 1.29 is 9.18 Å². The quantitative estimate of drug-likeness (QED) is 0.812. The molecule has 2 heterocycles. The molecule has 0 unspecified atom stereocenters. The van der Waals surface area contributed by atoms with Crippen LogP contribution < -0.4 is 5.32 Å². The molecule has 1 aliphatic heterocycles. The van der Waals surface area contributed by atoms with E-state index in [4.69, 9.17) is 0 Å². The van der Waals surface area contributed by atoms with E-state index >= 15 is 0 Å². The van der Waals surface area contributed by atoms with Crippen LogP contribution in [-0.4, -0.2) is 15.9 Å². The number of amides is 1. The molecule has 0 saturated heterocycles. The Morgan fingerprint density at radius 1 is 1.42 bits per heavy atom. The SMILES string of the molecule is CCc1cnc(C=C2C(=O)Nc3ccc(F)cc32)[nH]1. The molecule has 5 heteroatoms. The van der Waals surface area contributed by atoms with Gasteiger partial charge in [0.15, 0.2) is 0 Å². The monoisotopic (exact) mass is 257 g/mol. The predicted octanol–water partition coefficient (Wildman–Crippen LogP) is 2.60. The molecule has 4 nitrogen and oxygen atoms in total. The van der Waals surface area contributed by atoms with Crippen LogP contribution in [0.1, 0.15) is 24.0 Å². The van der Waals surface area contributed by atoms with E-state index in [2.05, 4.69) is 15.3 Å². The fourth-order valence-electron chi connectivity index (χ4n) is 2.07. The van der Waals surface area contributed by atoms with Crippen molar-refractivity contribution in [3.8, 4) is 0 Å². The zero-order valence-corrected chi connectivity index (χ0v) is 10.3. The molecule has 0 fully saturated rings. The number of hydrogen-bond acceptors (Lipinski definition) is 2. The van der Waals surface area contributed by atoms with Crippen molar-refractivity contribution in [3.05, 3.63) is 47.3 Å². The van der Waals surface area contributed by atoms with Crippen molar-refractivity contribution in [2.45, 2.75) is 13.3 Å². The third-order valence-electron chi connectivity index (χ3n) is 3.07. The first-order chi connectivity index (χ1) is 9.17. The average molecular weight is 257 g/mol. The van der Waals surface area contributed by atoms with Gasteiger partial charge in [0, 0.05) is 23.1 Å². The van der Waals surface area contributed by atoms with Crippen LogP contribution in [0.15, 0.2) is 24.4 Å². The molecule has 1 aliphatic rings. The van der Waals surface area contributed by atoms with Gasteiger partial charge in [-0.05, 0) is 30.7 Å². The summed E-state index contributed by atoms with van der Waals surface area (Å²) in [6.07, 6.45) is 4.21. The molecule has 0 atom stereocenters. The zero-order valence-electron chi connectivity index (χ0n) is 10.3. The Bertz CT molecular complexity index is 688. The first-order valence-electron chi connectivity index (χ1n) is 6.04. The van der Waals surface area contributed by atoms with Gasteiger partial charge in [-0.3, -0.25) is 4.79 Å². The molecule has 3 rings (SSSR count). The number of halogens is 1. The number of anilines is 1. The second-order valence-corrected chi connectivity index (χ2v) is 4.35. The van der Waals surface area contributed by atoms with E-state index in [-0.39, 0.29) is 11.7 Å². The zero-order chi connectivity index (χ0) is 13.4. The number of fused-ring (bicyclic) bond motifs is 1. The minimum Gasteiger partial charge on any atom is -0.342 e. The van der Waals surface area contributed by atoms with Gasteiger partial charge >= 0.3 is 0 Å². The molecule has 2 N–H and O–H groups in total. The molecular weight excluding hydrogens is 245 g/mol. The van der Waals surface area contributed by atoms with Crippen LogP contribution in [0.2, 0.25) is 0 Å². The minimum atomic E-state index is -0.366. The van der Waals surface area contributed by atoms with E-state index in [9.17, 15) is 9.18 Å². The number of imidazole rings is 1. The maximum atomic E-state index is 13.3. The van der Waals surface area contributed by atoms with Crippen LogP contribution >= 0.6 is 0 Å². The first kappa shape index (κ1) is 11.6. The largest absolute Gasteiger partial charge is 0.342 e. The number of hydrogen-bond donors (Lipinski definition) is 2. The lowest BCUT2D eigenvalue weighted by Crippen LogP contribution is -2.03. The Labute approximate surface area is 109 Å². The number of aromatic amines is 1. The van der Waals surface area contributed by atoms with Crippen molar-refractivity contribution in [1.82, 2.24) is 9.97 Å². The van der Waals surface area contributed by atoms with Gasteiger partial charge < -0.3 is 10.3 Å². The van der Waals surface area contributed by atoms with Crippen LogP contribution in [0, 0.1) is 5.82 Å². The Kier molecular flexibility index (Phi) is 2.67. The number of benzene rings is 1. The third-order valence-corrected chi connectivity index (χ3v) is 3.07. The summed E-state index contributed by atoms with van der Waals surface area (Å²) >= 11 is 0. The van der Waals surface area contributed by atoms with Crippen LogP contribution in [0.4, 0.5) is 10.1 Å². The van der Waals surface area contributed by atoms with Gasteiger partial charge in [-0.2, -0.15) is 0 Å². The van der Waals surface area contributed by atoms with Gasteiger partial charge in [0.1, 0.15) is 11.6 Å². The summed E-state index contributed by atoms with van der Waals surface area (Å²) in [5, 5.41) is 2.70. The van der Waals surface area contributed by atoms with Crippen LogP contribution in [0.3, 0.4) is 0 Å². The predicted molar refractivity (Wildman–Crippen MR) is 70.9 cm³/mol. The normalized spacial score (nSPS) is 15.7. The highest BCUT2D eigenvalue weighted by Gasteiger charge is 2.24. The van der Waals surface area contributed by atoms with Gasteiger partial charge in [-0.15, -0.1) is 0 Å². The van der Waals surface area contributed by atoms with Crippen LogP contribution in [0.25, 0.3) is 11.6 Å². The molecule has 2 aromatic rings. The van der Waals surface area contributed by atoms with Crippen molar-refractivity contribution in [1.29, 1.82) is 0 Å². The Balaban J connectivity index is 2.06. The molecule has 1 amide bonds. The third kappa shape index (κ3) is 2.03. The molecule has 96 valence electrons. The van der Waals surface area contributed by atoms with Gasteiger partial charge in [-0.25, -0.2) is 9.37 Å². The van der Waals surface area contributed by atoms with Crippen molar-refractivity contribution in [3.63, 3.8) is 0 Å². The number of carbonyl (C=O) groups is 1. The molecule has 0 saturated carbocycles. The van der Waals surface area contributed by atoms with E-state index in [0.717, 1.165) is 12.1 Å². The summed E-state index contributed by atoms with van der Waals surface area (Å²) in [5.74, 6) is -0.0102. The van der Waals surface area contributed by atoms with Crippen molar-refractivity contribution in [2.24, 2.45) is 0 Å². The van der Waals surface area contributed by atoms with E-state index in [1.165, 1.54) is 12.1 Å². The summed E-state index contributed by atoms with van der Waals surface area (Å²) in [6, 6.07) is 4.23. The summed E-state index contributed by atoms with van der Waals surface area (Å²) < 4.78 is 13.3. The number of H-pyrrole nitrogens is 1. The smallest absolute Gasteiger partial charge is 0.256 e. The van der Waals surface area contributed by atoms with Gasteiger partial charge in [0.2, 0.25) is 0 Å². The van der Waals surface area contributed by atoms with E-state index in [1.54, 1.807) is 18.3 Å². The van der Waals surface area contributed by atoms with Crippen LogP contribution in [0.5, 0.6) is 0 Å². The second kappa shape index (κ2) is 4.35. The molecule has 1 aromatic carbocycles. The highest BCUT2D eigenvalue weighted by Crippen LogP contribution is 2.33. The molecule has 0 aliphatic carbocycles. The fourth-order valence-corrected chi connectivity index (χ4v) is 2.07. The lowest BCUT2D eigenvalue weighted by Gasteiger charge is -1.97. The lowest BCUT2D eigenvalue weighted by molar-refractivity contribution is -0.110. The highest BCUT2D eigenvalue weighted by molar-refractivity contribution is 6.34. The summed E-state index contributed by atoms with van der Waals surface area (Å²) in [7, 11) is 0. The Morgan fingerprint density at radius 2 is 2.26 bits per heavy atom. The van der Waals surface area contributed by atoms with Gasteiger partial charge in [-0.1, -0.05) is 6.92 Å². The van der Waals surface area contributed by atoms with Crippen molar-refractivity contribution in [2.75, 3.05) is 5.32 Å². The number of aryl methyl sites for hydroxylation is 1. The Hall–Kier alpha value is -2.43. The first-order valence-corrected chi connectivity index (χ1v) is 6.04. The van der Waals surface area contributed by atoms with Gasteiger partial charge in [0.05, 0.1) is 5.57 Å². The minimum absolute atomic E-state index is 0.241.